The van der Waals surface area contributed by atoms with Gasteiger partial charge in [0.25, 0.3) is 0 Å². The van der Waals surface area contributed by atoms with Gasteiger partial charge >= 0.3 is 6.18 Å². The standard InChI is InChI=1S/C14H18F3NO3/c1-2-13(8-19,9-20)18-12(21)7-10-4-3-5-11(6-10)14(15,16)17/h3-6,19-20H,2,7-9H2,1H3,(H,18,21). The van der Waals surface area contributed by atoms with Crippen LogP contribution in [0.2, 0.25) is 0 Å². The third kappa shape index (κ3) is 4.71. The zero-order valence-electron chi connectivity index (χ0n) is 11.6. The monoisotopic (exact) mass is 305 g/mol. The molecule has 7 heteroatoms. The van der Waals surface area contributed by atoms with Crippen molar-refractivity contribution in [2.45, 2.75) is 31.5 Å². The lowest BCUT2D eigenvalue weighted by Crippen LogP contribution is -2.54. The Balaban J connectivity index is 2.80. The Morgan fingerprint density at radius 1 is 1.24 bits per heavy atom. The topological polar surface area (TPSA) is 69.6 Å². The number of halogens is 3. The van der Waals surface area contributed by atoms with Crippen molar-refractivity contribution in [2.75, 3.05) is 13.2 Å². The fourth-order valence-electron chi connectivity index (χ4n) is 1.82. The first kappa shape index (κ1) is 17.5. The summed E-state index contributed by atoms with van der Waals surface area (Å²) >= 11 is 0. The summed E-state index contributed by atoms with van der Waals surface area (Å²) in [4.78, 5) is 11.9. The summed E-state index contributed by atoms with van der Waals surface area (Å²) in [7, 11) is 0. The normalized spacial score (nSPS) is 12.3. The van der Waals surface area contributed by atoms with Crippen molar-refractivity contribution in [3.63, 3.8) is 0 Å². The molecule has 0 aliphatic rings. The van der Waals surface area contributed by atoms with E-state index in [0.717, 1.165) is 12.1 Å². The van der Waals surface area contributed by atoms with Gasteiger partial charge in [0.1, 0.15) is 0 Å². The molecule has 0 bridgehead atoms. The van der Waals surface area contributed by atoms with E-state index in [1.165, 1.54) is 12.1 Å². The maximum absolute atomic E-state index is 12.6. The van der Waals surface area contributed by atoms with Gasteiger partial charge in [0.2, 0.25) is 5.91 Å². The van der Waals surface area contributed by atoms with Crippen LogP contribution in [0.4, 0.5) is 13.2 Å². The molecule has 0 aromatic heterocycles. The molecule has 3 N–H and O–H groups in total. The molecular formula is C14H18F3NO3. The van der Waals surface area contributed by atoms with E-state index < -0.39 is 36.4 Å². The van der Waals surface area contributed by atoms with Crippen LogP contribution in [0.5, 0.6) is 0 Å². The smallest absolute Gasteiger partial charge is 0.394 e. The summed E-state index contributed by atoms with van der Waals surface area (Å²) in [6, 6.07) is 4.49. The second kappa shape index (κ2) is 6.91. The van der Waals surface area contributed by atoms with Gasteiger partial charge in [-0.15, -0.1) is 0 Å². The molecule has 0 atom stereocenters. The summed E-state index contributed by atoms with van der Waals surface area (Å²) in [5.41, 5.74) is -1.76. The van der Waals surface area contributed by atoms with Crippen LogP contribution in [0.15, 0.2) is 24.3 Å². The number of aliphatic hydroxyl groups is 2. The second-order valence-electron chi connectivity index (χ2n) is 4.87. The first-order chi connectivity index (χ1) is 9.76. The molecule has 21 heavy (non-hydrogen) atoms. The Kier molecular flexibility index (Phi) is 5.74. The van der Waals surface area contributed by atoms with Crippen LogP contribution >= 0.6 is 0 Å². The Morgan fingerprint density at radius 3 is 2.33 bits per heavy atom. The highest BCUT2D eigenvalue weighted by Gasteiger charge is 2.31. The molecule has 0 heterocycles. The summed E-state index contributed by atoms with van der Waals surface area (Å²) in [5.74, 6) is -0.556. The zero-order chi connectivity index (χ0) is 16.1. The minimum atomic E-state index is -4.46. The molecule has 1 aromatic carbocycles. The number of amides is 1. The summed E-state index contributed by atoms with van der Waals surface area (Å²) in [5, 5.41) is 20.9. The Bertz CT molecular complexity index is 476. The molecular weight excluding hydrogens is 287 g/mol. The van der Waals surface area contributed by atoms with E-state index in [1.807, 2.05) is 0 Å². The molecule has 0 aliphatic heterocycles. The third-order valence-electron chi connectivity index (χ3n) is 3.31. The Hall–Kier alpha value is -1.60. The van der Waals surface area contributed by atoms with E-state index in [4.69, 9.17) is 0 Å². The SMILES string of the molecule is CCC(CO)(CO)NC(=O)Cc1cccc(C(F)(F)F)c1. The maximum atomic E-state index is 12.6. The minimum Gasteiger partial charge on any atom is -0.394 e. The van der Waals surface area contributed by atoms with E-state index in [0.29, 0.717) is 6.42 Å². The molecule has 0 fully saturated rings. The number of rotatable bonds is 6. The number of carbonyl (C=O) groups excluding carboxylic acids is 1. The number of carbonyl (C=O) groups is 1. The van der Waals surface area contributed by atoms with Crippen molar-refractivity contribution in [1.29, 1.82) is 0 Å². The molecule has 0 radical (unpaired) electrons. The van der Waals surface area contributed by atoms with Crippen molar-refractivity contribution in [3.05, 3.63) is 35.4 Å². The molecule has 1 rings (SSSR count). The van der Waals surface area contributed by atoms with E-state index in [-0.39, 0.29) is 12.0 Å². The van der Waals surface area contributed by atoms with Crippen molar-refractivity contribution >= 4 is 5.91 Å². The average molecular weight is 305 g/mol. The lowest BCUT2D eigenvalue weighted by Gasteiger charge is -2.29. The number of hydrogen-bond donors (Lipinski definition) is 3. The largest absolute Gasteiger partial charge is 0.416 e. The van der Waals surface area contributed by atoms with E-state index in [1.54, 1.807) is 6.92 Å². The Labute approximate surface area is 120 Å². The highest BCUT2D eigenvalue weighted by molar-refractivity contribution is 5.79. The van der Waals surface area contributed by atoms with Gasteiger partial charge in [0, 0.05) is 0 Å². The summed E-state index contributed by atoms with van der Waals surface area (Å²) in [6.07, 6.45) is -4.42. The maximum Gasteiger partial charge on any atom is 0.416 e. The van der Waals surface area contributed by atoms with Crippen LogP contribution in [0.1, 0.15) is 24.5 Å². The summed E-state index contributed by atoms with van der Waals surface area (Å²) in [6.45, 7) is 0.777. The highest BCUT2D eigenvalue weighted by atomic mass is 19.4. The van der Waals surface area contributed by atoms with Crippen molar-refractivity contribution in [1.82, 2.24) is 5.32 Å². The molecule has 0 saturated heterocycles. The molecule has 0 spiro atoms. The van der Waals surface area contributed by atoms with E-state index in [9.17, 15) is 28.2 Å². The van der Waals surface area contributed by atoms with Crippen LogP contribution in [-0.4, -0.2) is 34.9 Å². The highest BCUT2D eigenvalue weighted by Crippen LogP contribution is 2.29. The molecule has 0 aliphatic carbocycles. The molecule has 118 valence electrons. The fraction of sp³-hybridized carbons (Fsp3) is 0.500. The number of benzene rings is 1. The van der Waals surface area contributed by atoms with Gasteiger partial charge in [0.05, 0.1) is 30.7 Å². The molecule has 1 aromatic rings. The van der Waals surface area contributed by atoms with Crippen LogP contribution in [0.25, 0.3) is 0 Å². The van der Waals surface area contributed by atoms with Gasteiger partial charge in [-0.25, -0.2) is 0 Å². The van der Waals surface area contributed by atoms with Crippen LogP contribution in [-0.2, 0) is 17.4 Å². The molecule has 0 saturated carbocycles. The predicted molar refractivity (Wildman–Crippen MR) is 70.5 cm³/mol. The predicted octanol–water partition coefficient (Wildman–Crippen LogP) is 1.50. The lowest BCUT2D eigenvalue weighted by molar-refractivity contribution is -0.137. The molecule has 0 unspecified atom stereocenters. The number of nitrogens with one attached hydrogen (secondary N) is 1. The lowest BCUT2D eigenvalue weighted by atomic mass is 9.97. The first-order valence-electron chi connectivity index (χ1n) is 6.45. The van der Waals surface area contributed by atoms with Gasteiger partial charge in [-0.1, -0.05) is 25.1 Å². The first-order valence-corrected chi connectivity index (χ1v) is 6.45. The fourth-order valence-corrected chi connectivity index (χ4v) is 1.82. The number of hydrogen-bond acceptors (Lipinski definition) is 3. The van der Waals surface area contributed by atoms with E-state index >= 15 is 0 Å². The number of alkyl halides is 3. The molecule has 1 amide bonds. The van der Waals surface area contributed by atoms with Crippen LogP contribution < -0.4 is 5.32 Å². The van der Waals surface area contributed by atoms with Crippen LogP contribution in [0.3, 0.4) is 0 Å². The van der Waals surface area contributed by atoms with Gasteiger partial charge in [-0.05, 0) is 18.1 Å². The van der Waals surface area contributed by atoms with Crippen molar-refractivity contribution in [3.8, 4) is 0 Å². The number of aliphatic hydroxyl groups excluding tert-OH is 2. The van der Waals surface area contributed by atoms with E-state index in [2.05, 4.69) is 5.32 Å². The van der Waals surface area contributed by atoms with Gasteiger partial charge in [-0.3, -0.25) is 4.79 Å². The van der Waals surface area contributed by atoms with Crippen molar-refractivity contribution < 1.29 is 28.2 Å². The Morgan fingerprint density at radius 2 is 1.86 bits per heavy atom. The van der Waals surface area contributed by atoms with Gasteiger partial charge in [0.15, 0.2) is 0 Å². The van der Waals surface area contributed by atoms with Crippen molar-refractivity contribution in [2.24, 2.45) is 0 Å². The van der Waals surface area contributed by atoms with Gasteiger partial charge in [-0.2, -0.15) is 13.2 Å². The summed E-state index contributed by atoms with van der Waals surface area (Å²) < 4.78 is 37.7. The van der Waals surface area contributed by atoms with Crippen LogP contribution in [0, 0.1) is 0 Å². The minimum absolute atomic E-state index is 0.211. The average Bonchev–Trinajstić information content (AvgIpc) is 2.44. The quantitative estimate of drug-likeness (QED) is 0.746. The zero-order valence-corrected chi connectivity index (χ0v) is 11.6. The second-order valence-corrected chi connectivity index (χ2v) is 4.87. The molecule has 4 nitrogen and oxygen atoms in total. The van der Waals surface area contributed by atoms with Gasteiger partial charge < -0.3 is 15.5 Å². The third-order valence-corrected chi connectivity index (χ3v) is 3.31.